The monoisotopic (exact) mass is 273 g/mol. The van der Waals surface area contributed by atoms with Gasteiger partial charge in [-0.15, -0.1) is 0 Å². The average molecular weight is 273 g/mol. The Hall–Kier alpha value is -2.04. The van der Waals surface area contributed by atoms with Crippen LogP contribution in [0.2, 0.25) is 0 Å². The molecule has 0 aromatic heterocycles. The molecule has 5 heteroatoms. The maximum absolute atomic E-state index is 12.5. The fourth-order valence-electron chi connectivity index (χ4n) is 3.07. The topological polar surface area (TPSA) is 75.4 Å². The van der Waals surface area contributed by atoms with Gasteiger partial charge in [0.2, 0.25) is 11.8 Å². The Labute approximate surface area is 118 Å². The average Bonchev–Trinajstić information content (AvgIpc) is 2.96. The summed E-state index contributed by atoms with van der Waals surface area (Å²) in [6, 6.07) is 8.07. The molecule has 2 heterocycles. The molecule has 1 aromatic carbocycles. The van der Waals surface area contributed by atoms with Crippen LogP contribution in [0.3, 0.4) is 0 Å². The number of nitrogens with two attached hydrogens (primary N) is 1. The second-order valence-electron chi connectivity index (χ2n) is 5.61. The Bertz CT molecular complexity index is 544. The number of primary amides is 1. The second kappa shape index (κ2) is 5.15. The summed E-state index contributed by atoms with van der Waals surface area (Å²) >= 11 is 0. The van der Waals surface area contributed by atoms with Gasteiger partial charge in [0.05, 0.1) is 11.8 Å². The molecule has 3 rings (SSSR count). The summed E-state index contributed by atoms with van der Waals surface area (Å²) in [7, 11) is 0. The third-order valence-corrected chi connectivity index (χ3v) is 4.27. The highest BCUT2D eigenvalue weighted by atomic mass is 16.2. The SMILES string of the molecule is NC(=O)C1CCN(C(=O)C2CNc3ccccc3C2)C1. The first kappa shape index (κ1) is 13.0. The van der Waals surface area contributed by atoms with Crippen LogP contribution in [0.1, 0.15) is 12.0 Å². The Morgan fingerprint density at radius 3 is 2.80 bits per heavy atom. The molecule has 1 aromatic rings. The van der Waals surface area contributed by atoms with Crippen molar-refractivity contribution in [3.8, 4) is 0 Å². The minimum Gasteiger partial charge on any atom is -0.384 e. The van der Waals surface area contributed by atoms with Gasteiger partial charge in [0.15, 0.2) is 0 Å². The van der Waals surface area contributed by atoms with Gasteiger partial charge in [-0.05, 0) is 24.5 Å². The van der Waals surface area contributed by atoms with Crippen molar-refractivity contribution >= 4 is 17.5 Å². The Morgan fingerprint density at radius 1 is 1.25 bits per heavy atom. The van der Waals surface area contributed by atoms with Gasteiger partial charge < -0.3 is 16.0 Å². The van der Waals surface area contributed by atoms with E-state index in [2.05, 4.69) is 11.4 Å². The molecular weight excluding hydrogens is 254 g/mol. The molecule has 1 fully saturated rings. The van der Waals surface area contributed by atoms with Gasteiger partial charge in [-0.25, -0.2) is 0 Å². The first-order valence-electron chi connectivity index (χ1n) is 7.05. The van der Waals surface area contributed by atoms with Gasteiger partial charge in [0, 0.05) is 25.3 Å². The summed E-state index contributed by atoms with van der Waals surface area (Å²) in [6.45, 7) is 1.78. The number of amides is 2. The van der Waals surface area contributed by atoms with Gasteiger partial charge in [-0.3, -0.25) is 9.59 Å². The van der Waals surface area contributed by atoms with Crippen molar-refractivity contribution in [2.24, 2.45) is 17.6 Å². The van der Waals surface area contributed by atoms with E-state index in [0.29, 0.717) is 26.1 Å². The highest BCUT2D eigenvalue weighted by Crippen LogP contribution is 2.27. The molecule has 2 amide bonds. The lowest BCUT2D eigenvalue weighted by atomic mass is 9.93. The zero-order chi connectivity index (χ0) is 14.1. The van der Waals surface area contributed by atoms with Crippen molar-refractivity contribution in [3.05, 3.63) is 29.8 Å². The molecule has 2 aliphatic heterocycles. The number of para-hydroxylation sites is 1. The number of carbonyl (C=O) groups excluding carboxylic acids is 2. The molecule has 3 N–H and O–H groups in total. The van der Waals surface area contributed by atoms with Crippen LogP contribution in [0.25, 0.3) is 0 Å². The summed E-state index contributed by atoms with van der Waals surface area (Å²) in [5.41, 5.74) is 7.61. The van der Waals surface area contributed by atoms with E-state index >= 15 is 0 Å². The molecule has 0 bridgehead atoms. The van der Waals surface area contributed by atoms with Crippen molar-refractivity contribution in [2.75, 3.05) is 25.0 Å². The van der Waals surface area contributed by atoms with Crippen LogP contribution in [-0.4, -0.2) is 36.3 Å². The summed E-state index contributed by atoms with van der Waals surface area (Å²) in [4.78, 5) is 25.5. The smallest absolute Gasteiger partial charge is 0.227 e. The van der Waals surface area contributed by atoms with E-state index in [1.807, 2.05) is 18.2 Å². The van der Waals surface area contributed by atoms with Gasteiger partial charge in [-0.1, -0.05) is 18.2 Å². The van der Waals surface area contributed by atoms with E-state index < -0.39 is 0 Å². The second-order valence-corrected chi connectivity index (χ2v) is 5.61. The van der Waals surface area contributed by atoms with Crippen LogP contribution in [-0.2, 0) is 16.0 Å². The van der Waals surface area contributed by atoms with Gasteiger partial charge in [0.25, 0.3) is 0 Å². The van der Waals surface area contributed by atoms with Gasteiger partial charge in [0.1, 0.15) is 0 Å². The lowest BCUT2D eigenvalue weighted by Crippen LogP contribution is -2.41. The minimum atomic E-state index is -0.299. The first-order valence-corrected chi connectivity index (χ1v) is 7.05. The third-order valence-electron chi connectivity index (χ3n) is 4.27. The molecule has 1 saturated heterocycles. The Kier molecular flexibility index (Phi) is 3.34. The number of fused-ring (bicyclic) bond motifs is 1. The molecule has 0 saturated carbocycles. The molecule has 2 unspecified atom stereocenters. The number of nitrogens with one attached hydrogen (secondary N) is 1. The van der Waals surface area contributed by atoms with Crippen molar-refractivity contribution in [3.63, 3.8) is 0 Å². The zero-order valence-corrected chi connectivity index (χ0v) is 11.3. The number of hydrogen-bond acceptors (Lipinski definition) is 3. The van der Waals surface area contributed by atoms with E-state index in [1.165, 1.54) is 5.56 Å². The number of anilines is 1. The Balaban J connectivity index is 1.66. The zero-order valence-electron chi connectivity index (χ0n) is 11.3. The molecular formula is C15H19N3O2. The number of hydrogen-bond donors (Lipinski definition) is 2. The van der Waals surface area contributed by atoms with Crippen LogP contribution in [0.15, 0.2) is 24.3 Å². The molecule has 0 radical (unpaired) electrons. The number of carbonyl (C=O) groups is 2. The molecule has 20 heavy (non-hydrogen) atoms. The molecule has 0 spiro atoms. The predicted molar refractivity (Wildman–Crippen MR) is 76.0 cm³/mol. The molecule has 2 aliphatic rings. The summed E-state index contributed by atoms with van der Waals surface area (Å²) in [6.07, 6.45) is 1.46. The number of nitrogens with zero attached hydrogens (tertiary/aromatic N) is 1. The quantitative estimate of drug-likeness (QED) is 0.828. The van der Waals surface area contributed by atoms with Gasteiger partial charge >= 0.3 is 0 Å². The summed E-state index contributed by atoms with van der Waals surface area (Å²) in [5, 5.41) is 3.31. The maximum atomic E-state index is 12.5. The van der Waals surface area contributed by atoms with Crippen molar-refractivity contribution in [1.82, 2.24) is 4.90 Å². The number of benzene rings is 1. The number of rotatable bonds is 2. The normalized spacial score (nSPS) is 24.9. The minimum absolute atomic E-state index is 0.0449. The highest BCUT2D eigenvalue weighted by Gasteiger charge is 2.34. The van der Waals surface area contributed by atoms with Crippen molar-refractivity contribution in [2.45, 2.75) is 12.8 Å². The van der Waals surface area contributed by atoms with Crippen molar-refractivity contribution in [1.29, 1.82) is 0 Å². The fourth-order valence-corrected chi connectivity index (χ4v) is 3.07. The maximum Gasteiger partial charge on any atom is 0.227 e. The van der Waals surface area contributed by atoms with E-state index in [9.17, 15) is 9.59 Å². The van der Waals surface area contributed by atoms with E-state index in [4.69, 9.17) is 5.73 Å². The standard InChI is InChI=1S/C15H19N3O2/c16-14(19)11-5-6-18(9-11)15(20)12-7-10-3-1-2-4-13(10)17-8-12/h1-4,11-12,17H,5-9H2,(H2,16,19). The van der Waals surface area contributed by atoms with E-state index in [1.54, 1.807) is 4.90 Å². The van der Waals surface area contributed by atoms with Crippen LogP contribution in [0.5, 0.6) is 0 Å². The highest BCUT2D eigenvalue weighted by molar-refractivity contribution is 5.83. The lowest BCUT2D eigenvalue weighted by molar-refractivity contribution is -0.134. The summed E-state index contributed by atoms with van der Waals surface area (Å²) in [5.74, 6) is -0.387. The Morgan fingerprint density at radius 2 is 2.05 bits per heavy atom. The van der Waals surface area contributed by atoms with E-state index in [-0.39, 0.29) is 23.7 Å². The van der Waals surface area contributed by atoms with Crippen LogP contribution >= 0.6 is 0 Å². The molecule has 0 aliphatic carbocycles. The molecule has 5 nitrogen and oxygen atoms in total. The summed E-state index contributed by atoms with van der Waals surface area (Å²) < 4.78 is 0. The molecule has 106 valence electrons. The fraction of sp³-hybridized carbons (Fsp3) is 0.467. The van der Waals surface area contributed by atoms with Crippen molar-refractivity contribution < 1.29 is 9.59 Å². The van der Waals surface area contributed by atoms with Gasteiger partial charge in [-0.2, -0.15) is 0 Å². The third kappa shape index (κ3) is 2.35. The predicted octanol–water partition coefficient (Wildman–Crippen LogP) is 0.605. The van der Waals surface area contributed by atoms with Crippen LogP contribution < -0.4 is 11.1 Å². The first-order chi connectivity index (χ1) is 9.65. The van der Waals surface area contributed by atoms with Crippen LogP contribution in [0.4, 0.5) is 5.69 Å². The lowest BCUT2D eigenvalue weighted by Gasteiger charge is -2.28. The van der Waals surface area contributed by atoms with E-state index in [0.717, 1.165) is 12.1 Å². The van der Waals surface area contributed by atoms with Crippen LogP contribution in [0, 0.1) is 11.8 Å². The molecule has 2 atom stereocenters. The largest absolute Gasteiger partial charge is 0.384 e. The number of likely N-dealkylation sites (tertiary alicyclic amines) is 1.